The van der Waals surface area contributed by atoms with Crippen LogP contribution in [0.15, 0.2) is 4.99 Å². The van der Waals surface area contributed by atoms with Gasteiger partial charge in [0.25, 0.3) is 0 Å². The number of nitrogens with zero attached hydrogens (tertiary/aromatic N) is 1. The van der Waals surface area contributed by atoms with E-state index in [1.54, 1.807) is 0 Å². The number of hydrogen-bond donors (Lipinski definition) is 1. The van der Waals surface area contributed by atoms with Crippen molar-refractivity contribution < 1.29 is 0 Å². The molecule has 0 aliphatic rings. The van der Waals surface area contributed by atoms with Crippen molar-refractivity contribution in [3.63, 3.8) is 0 Å². The summed E-state index contributed by atoms with van der Waals surface area (Å²) in [6.45, 7) is 7.34. The lowest BCUT2D eigenvalue weighted by molar-refractivity contribution is 0.548. The third-order valence-electron chi connectivity index (χ3n) is 2.10. The molecule has 12 heavy (non-hydrogen) atoms. The summed E-state index contributed by atoms with van der Waals surface area (Å²) in [6.07, 6.45) is 3.64. The highest BCUT2D eigenvalue weighted by atomic mass is 14.8. The number of rotatable bonds is 6. The predicted octanol–water partition coefficient (Wildman–Crippen LogP) is 2.25. The van der Waals surface area contributed by atoms with Crippen LogP contribution in [0.4, 0.5) is 0 Å². The molecule has 0 rings (SSSR count). The first kappa shape index (κ1) is 11.6. The van der Waals surface area contributed by atoms with E-state index in [4.69, 9.17) is 0 Å². The van der Waals surface area contributed by atoms with Crippen molar-refractivity contribution in [3.8, 4) is 0 Å². The number of aliphatic imine (C=N–C) groups is 1. The summed E-state index contributed by atoms with van der Waals surface area (Å²) in [4.78, 5) is 4.34. The molecule has 0 aliphatic heterocycles. The lowest BCUT2D eigenvalue weighted by Crippen LogP contribution is -2.20. The van der Waals surface area contributed by atoms with Crippen molar-refractivity contribution >= 4 is 5.71 Å². The van der Waals surface area contributed by atoms with Crippen LogP contribution in [0, 0.1) is 0 Å². The van der Waals surface area contributed by atoms with Gasteiger partial charge < -0.3 is 5.32 Å². The molecule has 1 N–H and O–H groups in total. The molecule has 0 aromatic heterocycles. The second kappa shape index (κ2) is 7.29. The maximum absolute atomic E-state index is 4.34. The van der Waals surface area contributed by atoms with Gasteiger partial charge in [-0.3, -0.25) is 4.99 Å². The molecule has 1 unspecified atom stereocenters. The van der Waals surface area contributed by atoms with E-state index in [9.17, 15) is 0 Å². The van der Waals surface area contributed by atoms with Crippen LogP contribution in [-0.2, 0) is 0 Å². The zero-order valence-corrected chi connectivity index (χ0v) is 8.85. The minimum absolute atomic E-state index is 0.638. The van der Waals surface area contributed by atoms with Gasteiger partial charge in [-0.05, 0) is 47.1 Å². The molecule has 0 saturated carbocycles. The molecular formula is C10H22N2. The molecular weight excluding hydrogens is 148 g/mol. The van der Waals surface area contributed by atoms with E-state index >= 15 is 0 Å². The fourth-order valence-corrected chi connectivity index (χ4v) is 1.16. The second-order valence-electron chi connectivity index (χ2n) is 3.29. The third-order valence-corrected chi connectivity index (χ3v) is 2.10. The van der Waals surface area contributed by atoms with Crippen LogP contribution in [0.2, 0.25) is 0 Å². The van der Waals surface area contributed by atoms with Gasteiger partial charge in [0.05, 0.1) is 0 Å². The zero-order chi connectivity index (χ0) is 9.40. The SMILES string of the molecule is CCN=C(C)CCCC(C)NC. The molecule has 0 fully saturated rings. The van der Waals surface area contributed by atoms with Crippen molar-refractivity contribution in [3.05, 3.63) is 0 Å². The summed E-state index contributed by atoms with van der Waals surface area (Å²) < 4.78 is 0. The number of nitrogens with one attached hydrogen (secondary N) is 1. The van der Waals surface area contributed by atoms with Crippen molar-refractivity contribution in [2.75, 3.05) is 13.6 Å². The highest BCUT2D eigenvalue weighted by Gasteiger charge is 1.97. The Balaban J connectivity index is 3.36. The maximum Gasteiger partial charge on any atom is 0.0360 e. The van der Waals surface area contributed by atoms with Crippen molar-refractivity contribution in [1.82, 2.24) is 5.32 Å². The monoisotopic (exact) mass is 170 g/mol. The molecule has 0 heterocycles. The summed E-state index contributed by atoms with van der Waals surface area (Å²) in [5.41, 5.74) is 1.29. The molecule has 0 aliphatic carbocycles. The maximum atomic E-state index is 4.34. The predicted molar refractivity (Wildman–Crippen MR) is 56.0 cm³/mol. The smallest absolute Gasteiger partial charge is 0.0360 e. The molecule has 0 saturated heterocycles. The van der Waals surface area contributed by atoms with Crippen LogP contribution in [0.5, 0.6) is 0 Å². The van der Waals surface area contributed by atoms with Crippen LogP contribution >= 0.6 is 0 Å². The van der Waals surface area contributed by atoms with Gasteiger partial charge in [0.1, 0.15) is 0 Å². The van der Waals surface area contributed by atoms with E-state index in [0.717, 1.165) is 13.0 Å². The Labute approximate surface area is 76.5 Å². The van der Waals surface area contributed by atoms with E-state index in [-0.39, 0.29) is 0 Å². The first-order chi connectivity index (χ1) is 5.70. The third kappa shape index (κ3) is 6.35. The Hall–Kier alpha value is -0.370. The van der Waals surface area contributed by atoms with Gasteiger partial charge in [-0.25, -0.2) is 0 Å². The van der Waals surface area contributed by atoms with Gasteiger partial charge in [0.2, 0.25) is 0 Å². The molecule has 0 aromatic carbocycles. The van der Waals surface area contributed by atoms with E-state index in [1.165, 1.54) is 18.6 Å². The summed E-state index contributed by atoms with van der Waals surface area (Å²) in [5, 5.41) is 3.23. The van der Waals surface area contributed by atoms with Gasteiger partial charge >= 0.3 is 0 Å². The summed E-state index contributed by atoms with van der Waals surface area (Å²) >= 11 is 0. The zero-order valence-electron chi connectivity index (χ0n) is 8.85. The van der Waals surface area contributed by atoms with Crippen LogP contribution in [0.1, 0.15) is 40.0 Å². The van der Waals surface area contributed by atoms with Crippen LogP contribution in [0.3, 0.4) is 0 Å². The molecule has 2 heteroatoms. The Morgan fingerprint density at radius 3 is 2.67 bits per heavy atom. The second-order valence-corrected chi connectivity index (χ2v) is 3.29. The van der Waals surface area contributed by atoms with Gasteiger partial charge in [-0.1, -0.05) is 0 Å². The van der Waals surface area contributed by atoms with Gasteiger partial charge in [-0.15, -0.1) is 0 Å². The summed E-state index contributed by atoms with van der Waals surface area (Å²) in [6, 6.07) is 0.638. The van der Waals surface area contributed by atoms with Crippen LogP contribution < -0.4 is 5.32 Å². The minimum Gasteiger partial charge on any atom is -0.317 e. The minimum atomic E-state index is 0.638. The topological polar surface area (TPSA) is 24.4 Å². The average molecular weight is 170 g/mol. The van der Waals surface area contributed by atoms with Gasteiger partial charge in [-0.2, -0.15) is 0 Å². The van der Waals surface area contributed by atoms with E-state index in [0.29, 0.717) is 6.04 Å². The van der Waals surface area contributed by atoms with Crippen molar-refractivity contribution in [1.29, 1.82) is 0 Å². The first-order valence-electron chi connectivity index (χ1n) is 4.87. The molecule has 0 radical (unpaired) electrons. The Bertz CT molecular complexity index is 130. The average Bonchev–Trinajstić information content (AvgIpc) is 2.04. The molecule has 2 nitrogen and oxygen atoms in total. The van der Waals surface area contributed by atoms with Gasteiger partial charge in [0.15, 0.2) is 0 Å². The Morgan fingerprint density at radius 1 is 1.50 bits per heavy atom. The summed E-state index contributed by atoms with van der Waals surface area (Å²) in [7, 11) is 2.01. The number of hydrogen-bond acceptors (Lipinski definition) is 2. The largest absolute Gasteiger partial charge is 0.317 e. The fraction of sp³-hybridized carbons (Fsp3) is 0.900. The lowest BCUT2D eigenvalue weighted by Gasteiger charge is -2.08. The fourth-order valence-electron chi connectivity index (χ4n) is 1.16. The molecule has 0 aromatic rings. The van der Waals surface area contributed by atoms with E-state index in [1.807, 2.05) is 7.05 Å². The Kier molecular flexibility index (Phi) is 7.06. The quantitative estimate of drug-likeness (QED) is 0.607. The first-order valence-corrected chi connectivity index (χ1v) is 4.87. The molecule has 0 amide bonds. The van der Waals surface area contributed by atoms with Crippen LogP contribution in [-0.4, -0.2) is 25.3 Å². The lowest BCUT2D eigenvalue weighted by atomic mass is 10.1. The Morgan fingerprint density at radius 2 is 2.17 bits per heavy atom. The standard InChI is InChI=1S/C10H22N2/c1-5-12-10(3)8-6-7-9(2)11-4/h9,11H,5-8H2,1-4H3. The highest BCUT2D eigenvalue weighted by Crippen LogP contribution is 2.01. The highest BCUT2D eigenvalue weighted by molar-refractivity contribution is 5.81. The van der Waals surface area contributed by atoms with E-state index in [2.05, 4.69) is 31.1 Å². The van der Waals surface area contributed by atoms with E-state index < -0.39 is 0 Å². The molecule has 0 spiro atoms. The normalized spacial score (nSPS) is 14.8. The van der Waals surface area contributed by atoms with Crippen molar-refractivity contribution in [2.24, 2.45) is 4.99 Å². The molecule has 0 bridgehead atoms. The van der Waals surface area contributed by atoms with Gasteiger partial charge in [0, 0.05) is 18.3 Å². The van der Waals surface area contributed by atoms with Crippen molar-refractivity contribution in [2.45, 2.75) is 46.1 Å². The van der Waals surface area contributed by atoms with Crippen LogP contribution in [0.25, 0.3) is 0 Å². The summed E-state index contributed by atoms with van der Waals surface area (Å²) in [5.74, 6) is 0. The molecule has 1 atom stereocenters. The molecule has 72 valence electrons.